The molecule has 138 valence electrons. The fourth-order valence-corrected chi connectivity index (χ4v) is 3.55. The van der Waals surface area contributed by atoms with Crippen LogP contribution in [0.25, 0.3) is 11.5 Å². The number of fused-ring (bicyclic) bond motifs is 1. The van der Waals surface area contributed by atoms with Gasteiger partial charge in [0, 0.05) is 37.0 Å². The van der Waals surface area contributed by atoms with Crippen LogP contribution in [0.4, 0.5) is 4.39 Å². The lowest BCUT2D eigenvalue weighted by Crippen LogP contribution is -2.35. The van der Waals surface area contributed by atoms with Crippen molar-refractivity contribution in [3.05, 3.63) is 80.1 Å². The van der Waals surface area contributed by atoms with E-state index in [1.165, 1.54) is 6.07 Å². The summed E-state index contributed by atoms with van der Waals surface area (Å²) in [6, 6.07) is 8.56. The molecule has 4 rings (SSSR count). The maximum atomic E-state index is 14.2. The Morgan fingerprint density at radius 3 is 2.93 bits per heavy atom. The molecule has 0 spiro atoms. The van der Waals surface area contributed by atoms with Crippen molar-refractivity contribution in [2.75, 3.05) is 6.54 Å². The van der Waals surface area contributed by atoms with Crippen LogP contribution in [0, 0.1) is 12.7 Å². The largest absolute Gasteiger partial charge is 0.305 e. The van der Waals surface area contributed by atoms with Gasteiger partial charge in [-0.3, -0.25) is 14.7 Å². The molecule has 0 saturated heterocycles. The summed E-state index contributed by atoms with van der Waals surface area (Å²) in [7, 11) is 0. The Labute approximate surface area is 160 Å². The fraction of sp³-hybridized carbons (Fsp3) is 0.250. The lowest BCUT2D eigenvalue weighted by molar-refractivity contribution is 0.237. The summed E-state index contributed by atoms with van der Waals surface area (Å²) in [6.07, 6.45) is 2.22. The Bertz CT molecular complexity index is 1050. The van der Waals surface area contributed by atoms with E-state index in [2.05, 4.69) is 19.9 Å². The second-order valence-electron chi connectivity index (χ2n) is 6.67. The Hall–Kier alpha value is -2.57. The van der Waals surface area contributed by atoms with E-state index in [0.29, 0.717) is 59.4 Å². The van der Waals surface area contributed by atoms with E-state index in [4.69, 9.17) is 11.6 Å². The third-order valence-corrected chi connectivity index (χ3v) is 5.35. The van der Waals surface area contributed by atoms with Gasteiger partial charge in [0.15, 0.2) is 5.82 Å². The molecule has 0 radical (unpaired) electrons. The summed E-state index contributed by atoms with van der Waals surface area (Å²) in [6.45, 7) is 3.34. The molecule has 3 aromatic rings. The van der Waals surface area contributed by atoms with E-state index in [-0.39, 0.29) is 11.4 Å². The van der Waals surface area contributed by atoms with Gasteiger partial charge >= 0.3 is 0 Å². The number of pyridine rings is 1. The van der Waals surface area contributed by atoms with Crippen molar-refractivity contribution in [3.63, 3.8) is 0 Å². The molecule has 5 nitrogen and oxygen atoms in total. The smallest absolute Gasteiger partial charge is 0.254 e. The maximum Gasteiger partial charge on any atom is 0.254 e. The van der Waals surface area contributed by atoms with Crippen molar-refractivity contribution in [1.29, 1.82) is 0 Å². The number of aromatic nitrogens is 3. The van der Waals surface area contributed by atoms with Crippen LogP contribution < -0.4 is 5.56 Å². The quantitative estimate of drug-likeness (QED) is 0.750. The molecule has 0 unspecified atom stereocenters. The molecule has 0 atom stereocenters. The SMILES string of the molecule is Cc1ccc(F)c(CN2CCc3c(nc(-c4ccccn4)[nH]c3=O)C2)c1Cl. The van der Waals surface area contributed by atoms with Crippen LogP contribution in [-0.4, -0.2) is 26.4 Å². The molecule has 0 bridgehead atoms. The minimum Gasteiger partial charge on any atom is -0.305 e. The van der Waals surface area contributed by atoms with E-state index in [0.717, 1.165) is 5.56 Å². The summed E-state index contributed by atoms with van der Waals surface area (Å²) in [5.74, 6) is 0.130. The highest BCUT2D eigenvalue weighted by molar-refractivity contribution is 6.32. The van der Waals surface area contributed by atoms with Gasteiger partial charge in [0.05, 0.1) is 10.7 Å². The van der Waals surface area contributed by atoms with Crippen LogP contribution in [0.2, 0.25) is 5.02 Å². The van der Waals surface area contributed by atoms with Crippen LogP contribution in [0.1, 0.15) is 22.4 Å². The summed E-state index contributed by atoms with van der Waals surface area (Å²) < 4.78 is 14.2. The predicted molar refractivity (Wildman–Crippen MR) is 102 cm³/mol. The number of aromatic amines is 1. The van der Waals surface area contributed by atoms with Crippen molar-refractivity contribution in [3.8, 4) is 11.5 Å². The number of nitrogens with zero attached hydrogens (tertiary/aromatic N) is 3. The van der Waals surface area contributed by atoms with Crippen molar-refractivity contribution in [1.82, 2.24) is 19.9 Å². The molecule has 0 fully saturated rings. The van der Waals surface area contributed by atoms with E-state index >= 15 is 0 Å². The first-order chi connectivity index (χ1) is 13.0. The van der Waals surface area contributed by atoms with Gasteiger partial charge in [-0.1, -0.05) is 23.7 Å². The number of H-pyrrole nitrogens is 1. The molecule has 27 heavy (non-hydrogen) atoms. The van der Waals surface area contributed by atoms with Gasteiger partial charge in [0.2, 0.25) is 0 Å². The Morgan fingerprint density at radius 2 is 2.15 bits per heavy atom. The molecular weight excluding hydrogens is 367 g/mol. The number of halogens is 2. The molecule has 1 N–H and O–H groups in total. The van der Waals surface area contributed by atoms with Crippen LogP contribution in [0.3, 0.4) is 0 Å². The molecule has 1 aliphatic rings. The number of nitrogens with one attached hydrogen (secondary N) is 1. The summed E-state index contributed by atoms with van der Waals surface area (Å²) in [4.78, 5) is 26.2. The minimum atomic E-state index is -0.315. The van der Waals surface area contributed by atoms with Crippen LogP contribution in [0.5, 0.6) is 0 Å². The Balaban J connectivity index is 1.64. The molecule has 7 heteroatoms. The van der Waals surface area contributed by atoms with Gasteiger partial charge in [-0.2, -0.15) is 0 Å². The van der Waals surface area contributed by atoms with E-state index < -0.39 is 0 Å². The summed E-state index contributed by atoms with van der Waals surface area (Å²) in [5.41, 5.74) is 3.19. The van der Waals surface area contributed by atoms with E-state index in [1.807, 2.05) is 19.1 Å². The summed E-state index contributed by atoms with van der Waals surface area (Å²) >= 11 is 6.30. The standard InChI is InChI=1S/C20H18ClFN4O/c1-12-5-6-15(22)14(18(12)21)10-26-9-7-13-17(11-26)24-19(25-20(13)27)16-4-2-3-8-23-16/h2-6,8H,7,9-11H2,1H3,(H,24,25,27). The van der Waals surface area contributed by atoms with Crippen molar-refractivity contribution >= 4 is 11.6 Å². The van der Waals surface area contributed by atoms with Gasteiger partial charge in [-0.25, -0.2) is 9.37 Å². The predicted octanol–water partition coefficient (Wildman–Crippen LogP) is 3.49. The van der Waals surface area contributed by atoms with Crippen molar-refractivity contribution in [2.45, 2.75) is 26.4 Å². The molecule has 0 saturated carbocycles. The average Bonchev–Trinajstić information content (AvgIpc) is 2.68. The zero-order valence-corrected chi connectivity index (χ0v) is 15.6. The summed E-state index contributed by atoms with van der Waals surface area (Å²) in [5, 5.41) is 0.453. The lowest BCUT2D eigenvalue weighted by atomic mass is 10.0. The van der Waals surface area contributed by atoms with Crippen molar-refractivity contribution < 1.29 is 4.39 Å². The highest BCUT2D eigenvalue weighted by atomic mass is 35.5. The number of benzene rings is 1. The van der Waals surface area contributed by atoms with Gasteiger partial charge < -0.3 is 4.98 Å². The average molecular weight is 385 g/mol. The lowest BCUT2D eigenvalue weighted by Gasteiger charge is -2.28. The van der Waals surface area contributed by atoms with E-state index in [9.17, 15) is 9.18 Å². The first-order valence-electron chi connectivity index (χ1n) is 8.72. The topological polar surface area (TPSA) is 61.9 Å². The molecule has 1 aliphatic heterocycles. The van der Waals surface area contributed by atoms with Gasteiger partial charge in [-0.05, 0) is 37.1 Å². The van der Waals surface area contributed by atoms with Crippen molar-refractivity contribution in [2.24, 2.45) is 0 Å². The fourth-order valence-electron chi connectivity index (χ4n) is 3.34. The van der Waals surface area contributed by atoms with Gasteiger partial charge in [0.1, 0.15) is 11.5 Å². The number of aryl methyl sites for hydroxylation is 1. The molecule has 2 aromatic heterocycles. The molecular formula is C20H18ClFN4O. The van der Waals surface area contributed by atoms with E-state index in [1.54, 1.807) is 18.3 Å². The zero-order valence-electron chi connectivity index (χ0n) is 14.8. The Kier molecular flexibility index (Phi) is 4.76. The molecule has 0 amide bonds. The van der Waals surface area contributed by atoms with Crippen LogP contribution >= 0.6 is 11.6 Å². The minimum absolute atomic E-state index is 0.139. The van der Waals surface area contributed by atoms with Gasteiger partial charge in [-0.15, -0.1) is 0 Å². The molecule has 0 aliphatic carbocycles. The highest BCUT2D eigenvalue weighted by Crippen LogP contribution is 2.26. The number of hydrogen-bond acceptors (Lipinski definition) is 4. The van der Waals surface area contributed by atoms with Crippen LogP contribution in [-0.2, 0) is 19.5 Å². The molecule has 1 aromatic carbocycles. The normalized spacial score (nSPS) is 14.2. The second-order valence-corrected chi connectivity index (χ2v) is 7.05. The number of hydrogen-bond donors (Lipinski definition) is 1. The molecule has 3 heterocycles. The van der Waals surface area contributed by atoms with Crippen LogP contribution in [0.15, 0.2) is 41.3 Å². The number of rotatable bonds is 3. The highest BCUT2D eigenvalue weighted by Gasteiger charge is 2.23. The first kappa shape index (κ1) is 17.8. The van der Waals surface area contributed by atoms with Gasteiger partial charge in [0.25, 0.3) is 5.56 Å². The second kappa shape index (κ2) is 7.21. The third kappa shape index (κ3) is 3.50. The first-order valence-corrected chi connectivity index (χ1v) is 9.10. The maximum absolute atomic E-state index is 14.2. The monoisotopic (exact) mass is 384 g/mol. The Morgan fingerprint density at radius 1 is 1.30 bits per heavy atom. The zero-order chi connectivity index (χ0) is 19.0. The third-order valence-electron chi connectivity index (χ3n) is 4.82.